The minimum atomic E-state index is 0.471. The van der Waals surface area contributed by atoms with Crippen molar-refractivity contribution in [2.45, 2.75) is 39.3 Å². The quantitative estimate of drug-likeness (QED) is 0.841. The van der Waals surface area contributed by atoms with Crippen molar-refractivity contribution >= 4 is 11.3 Å². The Morgan fingerprint density at radius 2 is 1.95 bits per heavy atom. The Hall–Kier alpha value is -1.32. The highest BCUT2D eigenvalue weighted by Gasteiger charge is 2.32. The number of methoxy groups -OCH3 is 1. The van der Waals surface area contributed by atoms with Gasteiger partial charge in [-0.05, 0) is 61.9 Å². The molecule has 1 aliphatic rings. The van der Waals surface area contributed by atoms with Crippen LogP contribution in [0.15, 0.2) is 30.3 Å². The molecule has 1 saturated carbocycles. The minimum Gasteiger partial charge on any atom is -0.497 e. The van der Waals surface area contributed by atoms with Gasteiger partial charge in [-0.2, -0.15) is 0 Å². The first-order valence-corrected chi connectivity index (χ1v) is 8.42. The molecule has 1 atom stereocenters. The average molecular weight is 301 g/mol. The van der Waals surface area contributed by atoms with E-state index < -0.39 is 0 Å². The third-order valence-electron chi connectivity index (χ3n) is 4.28. The molecule has 1 aromatic heterocycles. The number of hydrogen-bond donors (Lipinski definition) is 1. The maximum atomic E-state index is 5.25. The largest absolute Gasteiger partial charge is 0.497 e. The number of ether oxygens (including phenoxy) is 1. The van der Waals surface area contributed by atoms with Crippen molar-refractivity contribution in [2.75, 3.05) is 7.11 Å². The van der Waals surface area contributed by atoms with E-state index >= 15 is 0 Å². The van der Waals surface area contributed by atoms with Gasteiger partial charge in [0.2, 0.25) is 0 Å². The molecule has 0 bridgehead atoms. The fraction of sp³-hybridized carbons (Fsp3) is 0.444. The highest BCUT2D eigenvalue weighted by atomic mass is 32.1. The number of thiophene rings is 1. The molecule has 3 heteroatoms. The van der Waals surface area contributed by atoms with Crippen molar-refractivity contribution < 1.29 is 4.74 Å². The maximum absolute atomic E-state index is 5.25. The Kier molecular flexibility index (Phi) is 4.32. The van der Waals surface area contributed by atoms with Gasteiger partial charge in [-0.3, -0.25) is 0 Å². The summed E-state index contributed by atoms with van der Waals surface area (Å²) in [6.07, 6.45) is 2.68. The Morgan fingerprint density at radius 3 is 2.48 bits per heavy atom. The molecule has 2 aromatic rings. The molecule has 0 saturated heterocycles. The molecule has 112 valence electrons. The van der Waals surface area contributed by atoms with Gasteiger partial charge in [0.15, 0.2) is 0 Å². The maximum Gasteiger partial charge on any atom is 0.118 e. The third kappa shape index (κ3) is 3.47. The van der Waals surface area contributed by atoms with E-state index in [1.165, 1.54) is 33.7 Å². The molecule has 1 aromatic carbocycles. The van der Waals surface area contributed by atoms with E-state index in [1.807, 2.05) is 11.3 Å². The van der Waals surface area contributed by atoms with Crippen molar-refractivity contribution in [3.63, 3.8) is 0 Å². The Morgan fingerprint density at radius 1 is 1.24 bits per heavy atom. The first-order valence-electron chi connectivity index (χ1n) is 7.60. The molecule has 0 radical (unpaired) electrons. The second-order valence-corrected chi connectivity index (χ2v) is 7.26. The lowest BCUT2D eigenvalue weighted by molar-refractivity contribution is 0.413. The van der Waals surface area contributed by atoms with E-state index in [0.29, 0.717) is 6.04 Å². The second-order valence-electron chi connectivity index (χ2n) is 5.92. The molecule has 21 heavy (non-hydrogen) atoms. The van der Waals surface area contributed by atoms with Gasteiger partial charge < -0.3 is 10.1 Å². The van der Waals surface area contributed by atoms with Gasteiger partial charge in [-0.1, -0.05) is 12.1 Å². The molecule has 1 fully saturated rings. The van der Waals surface area contributed by atoms with Crippen molar-refractivity contribution in [1.29, 1.82) is 0 Å². The van der Waals surface area contributed by atoms with Crippen molar-refractivity contribution in [1.82, 2.24) is 5.32 Å². The zero-order valence-corrected chi connectivity index (χ0v) is 13.8. The van der Waals surface area contributed by atoms with Crippen LogP contribution in [0.5, 0.6) is 5.75 Å². The standard InChI is InChI=1S/C18H23NOS/c1-12-10-17(21-13(12)2)11-19-18(14-4-5-14)15-6-8-16(20-3)9-7-15/h6-10,14,18-19H,4-5,11H2,1-3H3. The molecular formula is C18H23NOS. The molecule has 1 heterocycles. The van der Waals surface area contributed by atoms with Crippen LogP contribution in [-0.2, 0) is 6.54 Å². The molecule has 0 spiro atoms. The van der Waals surface area contributed by atoms with Gasteiger partial charge in [0.05, 0.1) is 7.11 Å². The number of aryl methyl sites for hydroxylation is 2. The van der Waals surface area contributed by atoms with Crippen LogP contribution in [-0.4, -0.2) is 7.11 Å². The molecular weight excluding hydrogens is 278 g/mol. The van der Waals surface area contributed by atoms with Gasteiger partial charge in [0.1, 0.15) is 5.75 Å². The average Bonchev–Trinajstić information content (AvgIpc) is 3.27. The topological polar surface area (TPSA) is 21.3 Å². The van der Waals surface area contributed by atoms with Crippen LogP contribution >= 0.6 is 11.3 Å². The summed E-state index contributed by atoms with van der Waals surface area (Å²) in [4.78, 5) is 2.86. The second kappa shape index (κ2) is 6.20. The zero-order valence-electron chi connectivity index (χ0n) is 13.0. The molecule has 1 N–H and O–H groups in total. The first-order chi connectivity index (χ1) is 10.2. The van der Waals surface area contributed by atoms with Gasteiger partial charge in [0.25, 0.3) is 0 Å². The molecule has 0 amide bonds. The molecule has 3 rings (SSSR count). The lowest BCUT2D eigenvalue weighted by atomic mass is 10.0. The molecule has 2 nitrogen and oxygen atoms in total. The van der Waals surface area contributed by atoms with Gasteiger partial charge >= 0.3 is 0 Å². The normalized spacial score (nSPS) is 16.0. The van der Waals surface area contributed by atoms with Gasteiger partial charge in [0, 0.05) is 22.3 Å². The highest BCUT2D eigenvalue weighted by Crippen LogP contribution is 2.41. The summed E-state index contributed by atoms with van der Waals surface area (Å²) in [7, 11) is 1.72. The lowest BCUT2D eigenvalue weighted by Gasteiger charge is -2.18. The van der Waals surface area contributed by atoms with Crippen molar-refractivity contribution in [3.8, 4) is 5.75 Å². The van der Waals surface area contributed by atoms with E-state index in [9.17, 15) is 0 Å². The van der Waals surface area contributed by atoms with Crippen LogP contribution in [0.3, 0.4) is 0 Å². The van der Waals surface area contributed by atoms with E-state index in [-0.39, 0.29) is 0 Å². The number of rotatable bonds is 6. The predicted molar refractivity (Wildman–Crippen MR) is 89.1 cm³/mol. The molecule has 1 unspecified atom stereocenters. The van der Waals surface area contributed by atoms with E-state index in [0.717, 1.165) is 18.2 Å². The Balaban J connectivity index is 1.69. The molecule has 1 aliphatic carbocycles. The summed E-state index contributed by atoms with van der Waals surface area (Å²) in [5.41, 5.74) is 2.78. The van der Waals surface area contributed by atoms with Crippen LogP contribution in [0.4, 0.5) is 0 Å². The van der Waals surface area contributed by atoms with Crippen LogP contribution < -0.4 is 10.1 Å². The number of benzene rings is 1. The van der Waals surface area contributed by atoms with Crippen LogP contribution in [0.1, 0.15) is 39.8 Å². The van der Waals surface area contributed by atoms with Crippen LogP contribution in [0, 0.1) is 19.8 Å². The fourth-order valence-electron chi connectivity index (χ4n) is 2.74. The highest BCUT2D eigenvalue weighted by molar-refractivity contribution is 7.12. The lowest BCUT2D eigenvalue weighted by Crippen LogP contribution is -2.22. The summed E-state index contributed by atoms with van der Waals surface area (Å²) >= 11 is 1.91. The van der Waals surface area contributed by atoms with Crippen LogP contribution in [0.2, 0.25) is 0 Å². The zero-order chi connectivity index (χ0) is 14.8. The smallest absolute Gasteiger partial charge is 0.118 e. The minimum absolute atomic E-state index is 0.471. The number of hydrogen-bond acceptors (Lipinski definition) is 3. The fourth-order valence-corrected chi connectivity index (χ4v) is 3.75. The van der Waals surface area contributed by atoms with Gasteiger partial charge in [-0.15, -0.1) is 11.3 Å². The van der Waals surface area contributed by atoms with Gasteiger partial charge in [-0.25, -0.2) is 0 Å². The molecule has 0 aliphatic heterocycles. The monoisotopic (exact) mass is 301 g/mol. The summed E-state index contributed by atoms with van der Waals surface area (Å²) in [5.74, 6) is 1.72. The van der Waals surface area contributed by atoms with E-state index in [1.54, 1.807) is 7.11 Å². The Bertz CT molecular complexity index is 579. The van der Waals surface area contributed by atoms with E-state index in [4.69, 9.17) is 4.74 Å². The summed E-state index contributed by atoms with van der Waals surface area (Å²) in [6, 6.07) is 11.3. The van der Waals surface area contributed by atoms with Crippen molar-refractivity contribution in [3.05, 3.63) is 51.2 Å². The third-order valence-corrected chi connectivity index (χ3v) is 5.43. The van der Waals surface area contributed by atoms with Crippen LogP contribution in [0.25, 0.3) is 0 Å². The first kappa shape index (κ1) is 14.6. The summed E-state index contributed by atoms with van der Waals surface area (Å²) in [6.45, 7) is 5.36. The summed E-state index contributed by atoms with van der Waals surface area (Å²) in [5, 5.41) is 3.76. The van der Waals surface area contributed by atoms with E-state index in [2.05, 4.69) is 49.5 Å². The van der Waals surface area contributed by atoms with Crippen molar-refractivity contribution in [2.24, 2.45) is 5.92 Å². The summed E-state index contributed by atoms with van der Waals surface area (Å²) < 4.78 is 5.25. The Labute approximate surface area is 131 Å². The SMILES string of the molecule is COc1ccc(C(NCc2cc(C)c(C)s2)C2CC2)cc1. The predicted octanol–water partition coefficient (Wildman–Crippen LogP) is 4.61. The number of nitrogens with one attached hydrogen (secondary N) is 1.